The second-order valence-corrected chi connectivity index (χ2v) is 8.48. The molecule has 0 aromatic carbocycles. The number of nitrogens with two attached hydrogens (primary N) is 2. The number of rotatable bonds is 13. The number of aliphatic carboxylic acids is 1. The summed E-state index contributed by atoms with van der Waals surface area (Å²) in [5.74, 6) is -2.94. The molecular formula is C21H35N7O6. The smallest absolute Gasteiger partial charge is 0.326 e. The van der Waals surface area contributed by atoms with Crippen molar-refractivity contribution in [3.63, 3.8) is 0 Å². The average molecular weight is 482 g/mol. The summed E-state index contributed by atoms with van der Waals surface area (Å²) in [6, 6.07) is -4.22. The Kier molecular flexibility index (Phi) is 10.4. The van der Waals surface area contributed by atoms with Gasteiger partial charge in [0.05, 0.1) is 12.4 Å². The van der Waals surface area contributed by atoms with Crippen molar-refractivity contribution in [3.05, 3.63) is 18.2 Å². The third kappa shape index (κ3) is 7.50. The molecule has 190 valence electrons. The molecule has 34 heavy (non-hydrogen) atoms. The molecule has 1 fully saturated rings. The molecule has 0 saturated carbocycles. The van der Waals surface area contributed by atoms with Gasteiger partial charge in [0.15, 0.2) is 0 Å². The zero-order valence-corrected chi connectivity index (χ0v) is 19.3. The van der Waals surface area contributed by atoms with E-state index in [2.05, 4.69) is 20.6 Å². The van der Waals surface area contributed by atoms with Gasteiger partial charge in [0.2, 0.25) is 17.7 Å². The second-order valence-electron chi connectivity index (χ2n) is 8.48. The number of H-pyrrole nitrogens is 1. The Bertz CT molecular complexity index is 832. The lowest BCUT2D eigenvalue weighted by molar-refractivity contribution is -0.143. The highest BCUT2D eigenvalue weighted by Crippen LogP contribution is 2.19. The first-order chi connectivity index (χ1) is 16.1. The zero-order valence-electron chi connectivity index (χ0n) is 19.3. The Morgan fingerprint density at radius 2 is 2.00 bits per heavy atom. The highest BCUT2D eigenvalue weighted by molar-refractivity contribution is 5.94. The minimum absolute atomic E-state index is 0.00726. The van der Waals surface area contributed by atoms with Gasteiger partial charge in [-0.15, -0.1) is 0 Å². The van der Waals surface area contributed by atoms with Gasteiger partial charge in [-0.2, -0.15) is 0 Å². The van der Waals surface area contributed by atoms with Crippen molar-refractivity contribution in [1.29, 1.82) is 0 Å². The van der Waals surface area contributed by atoms with Crippen LogP contribution in [0.4, 0.5) is 0 Å². The number of imidazole rings is 1. The van der Waals surface area contributed by atoms with E-state index < -0.39 is 54.0 Å². The number of carbonyl (C=O) groups excluding carboxylic acids is 3. The maximum atomic E-state index is 13.0. The van der Waals surface area contributed by atoms with Gasteiger partial charge in [-0.05, 0) is 45.6 Å². The number of carboxylic acids is 1. The van der Waals surface area contributed by atoms with E-state index >= 15 is 0 Å². The quantitative estimate of drug-likeness (QED) is 0.152. The van der Waals surface area contributed by atoms with Crippen molar-refractivity contribution < 1.29 is 29.4 Å². The lowest BCUT2D eigenvalue weighted by Gasteiger charge is -2.29. The van der Waals surface area contributed by atoms with Crippen LogP contribution < -0.4 is 22.1 Å². The molecule has 0 spiro atoms. The highest BCUT2D eigenvalue weighted by Gasteiger charge is 2.38. The van der Waals surface area contributed by atoms with Crippen LogP contribution in [0, 0.1) is 0 Å². The van der Waals surface area contributed by atoms with Gasteiger partial charge in [0.1, 0.15) is 24.2 Å². The molecule has 5 atom stereocenters. The minimum Gasteiger partial charge on any atom is -0.480 e. The van der Waals surface area contributed by atoms with Crippen LogP contribution in [-0.2, 0) is 25.6 Å². The van der Waals surface area contributed by atoms with Gasteiger partial charge in [0.25, 0.3) is 0 Å². The Hall–Kier alpha value is -3.03. The summed E-state index contributed by atoms with van der Waals surface area (Å²) in [5, 5.41) is 24.3. The molecule has 13 heteroatoms. The van der Waals surface area contributed by atoms with Crippen LogP contribution in [0.2, 0.25) is 0 Å². The van der Waals surface area contributed by atoms with Crippen LogP contribution in [0.1, 0.15) is 44.7 Å². The number of carboxylic acid groups (broad SMARTS) is 1. The van der Waals surface area contributed by atoms with Crippen molar-refractivity contribution in [1.82, 2.24) is 25.5 Å². The first-order valence-corrected chi connectivity index (χ1v) is 11.4. The van der Waals surface area contributed by atoms with E-state index in [-0.39, 0.29) is 12.8 Å². The van der Waals surface area contributed by atoms with Crippen LogP contribution in [0.3, 0.4) is 0 Å². The summed E-state index contributed by atoms with van der Waals surface area (Å²) in [6.45, 7) is 2.11. The lowest BCUT2D eigenvalue weighted by Crippen LogP contribution is -2.57. The monoisotopic (exact) mass is 481 g/mol. The molecule has 0 bridgehead atoms. The normalized spacial score (nSPS) is 19.2. The predicted molar refractivity (Wildman–Crippen MR) is 121 cm³/mol. The van der Waals surface area contributed by atoms with E-state index in [1.54, 1.807) is 0 Å². The number of aliphatic hydroxyl groups excluding tert-OH is 1. The number of aromatic nitrogens is 2. The van der Waals surface area contributed by atoms with E-state index in [0.717, 1.165) is 0 Å². The van der Waals surface area contributed by atoms with Gasteiger partial charge in [-0.25, -0.2) is 9.78 Å². The maximum Gasteiger partial charge on any atom is 0.326 e. The van der Waals surface area contributed by atoms with Crippen molar-refractivity contribution in [2.45, 2.75) is 75.7 Å². The van der Waals surface area contributed by atoms with Gasteiger partial charge in [0, 0.05) is 24.9 Å². The molecule has 2 heterocycles. The molecule has 2 rings (SSSR count). The molecular weight excluding hydrogens is 446 g/mol. The number of aliphatic hydroxyl groups is 1. The minimum atomic E-state index is -1.23. The topological polar surface area (TPSA) is 217 Å². The van der Waals surface area contributed by atoms with E-state index in [4.69, 9.17) is 11.5 Å². The third-order valence-electron chi connectivity index (χ3n) is 5.82. The zero-order chi connectivity index (χ0) is 25.3. The Morgan fingerprint density at radius 1 is 1.26 bits per heavy atom. The predicted octanol–water partition coefficient (Wildman–Crippen LogP) is -2.17. The summed E-state index contributed by atoms with van der Waals surface area (Å²) < 4.78 is 0. The first-order valence-electron chi connectivity index (χ1n) is 11.4. The summed E-state index contributed by atoms with van der Waals surface area (Å²) >= 11 is 0. The van der Waals surface area contributed by atoms with Gasteiger partial charge in [-0.3, -0.25) is 14.4 Å². The molecule has 5 unspecified atom stereocenters. The number of hydrogen-bond donors (Lipinski definition) is 7. The number of nitrogens with zero attached hydrogens (tertiary/aromatic N) is 2. The van der Waals surface area contributed by atoms with Crippen LogP contribution in [0.5, 0.6) is 0 Å². The molecule has 3 amide bonds. The first kappa shape index (κ1) is 27.2. The molecule has 9 N–H and O–H groups in total. The number of likely N-dealkylation sites (tertiary alicyclic amines) is 1. The van der Waals surface area contributed by atoms with Crippen LogP contribution in [-0.4, -0.2) is 92.1 Å². The lowest BCUT2D eigenvalue weighted by atomic mass is 10.1. The number of unbranched alkanes of at least 4 members (excludes halogenated alkanes) is 1. The Balaban J connectivity index is 2.10. The summed E-state index contributed by atoms with van der Waals surface area (Å²) in [6.07, 6.45) is 4.15. The molecule has 1 aromatic rings. The van der Waals surface area contributed by atoms with Crippen LogP contribution in [0.25, 0.3) is 0 Å². The molecule has 1 aliphatic rings. The Labute approximate surface area is 197 Å². The molecule has 1 aromatic heterocycles. The van der Waals surface area contributed by atoms with Crippen LogP contribution >= 0.6 is 0 Å². The fraction of sp³-hybridized carbons (Fsp3) is 0.667. The molecule has 13 nitrogen and oxygen atoms in total. The largest absolute Gasteiger partial charge is 0.480 e. The molecule has 1 saturated heterocycles. The van der Waals surface area contributed by atoms with Gasteiger partial charge >= 0.3 is 5.97 Å². The van der Waals surface area contributed by atoms with Crippen molar-refractivity contribution in [2.24, 2.45) is 11.5 Å². The Morgan fingerprint density at radius 3 is 2.59 bits per heavy atom. The average Bonchev–Trinajstić information content (AvgIpc) is 3.48. The number of carbonyl (C=O) groups is 4. The molecule has 1 aliphatic heterocycles. The van der Waals surface area contributed by atoms with Crippen molar-refractivity contribution in [3.8, 4) is 0 Å². The van der Waals surface area contributed by atoms with Crippen LogP contribution in [0.15, 0.2) is 12.5 Å². The number of nitrogens with one attached hydrogen (secondary N) is 3. The van der Waals surface area contributed by atoms with Gasteiger partial charge < -0.3 is 42.2 Å². The fourth-order valence-electron chi connectivity index (χ4n) is 3.82. The summed E-state index contributed by atoms with van der Waals surface area (Å²) in [7, 11) is 0. The SMILES string of the molecule is CC(O)C(N)C(=O)N1CCCC1C(=O)NC(CCCCN)C(=O)NC(Cc1cnc[nH]1)C(=O)O. The second kappa shape index (κ2) is 13.0. The maximum absolute atomic E-state index is 13.0. The van der Waals surface area contributed by atoms with Crippen molar-refractivity contribution in [2.75, 3.05) is 13.1 Å². The molecule has 0 radical (unpaired) electrons. The molecule has 0 aliphatic carbocycles. The fourth-order valence-corrected chi connectivity index (χ4v) is 3.82. The van der Waals surface area contributed by atoms with E-state index in [9.17, 15) is 29.4 Å². The highest BCUT2D eigenvalue weighted by atomic mass is 16.4. The number of hydrogen-bond acceptors (Lipinski definition) is 8. The number of amides is 3. The van der Waals surface area contributed by atoms with E-state index in [0.29, 0.717) is 44.5 Å². The van der Waals surface area contributed by atoms with E-state index in [1.807, 2.05) is 0 Å². The summed E-state index contributed by atoms with van der Waals surface area (Å²) in [4.78, 5) is 58.2. The van der Waals surface area contributed by atoms with Crippen molar-refractivity contribution >= 4 is 23.7 Å². The number of aromatic amines is 1. The van der Waals surface area contributed by atoms with Gasteiger partial charge in [-0.1, -0.05) is 0 Å². The van der Waals surface area contributed by atoms with E-state index in [1.165, 1.54) is 24.3 Å². The summed E-state index contributed by atoms with van der Waals surface area (Å²) in [5.41, 5.74) is 11.8. The standard InChI is InChI=1S/C21H35N7O6/c1-12(29)17(23)20(32)28-8-4-6-16(28)19(31)26-14(5-2-3-7-22)18(30)27-15(21(33)34)9-13-10-24-11-25-13/h10-12,14-17,29H,2-9,22-23H2,1H3,(H,24,25)(H,26,31)(H,27,30)(H,33,34). The third-order valence-corrected chi connectivity index (χ3v) is 5.82.